The Bertz CT molecular complexity index is 637. The summed E-state index contributed by atoms with van der Waals surface area (Å²) in [6, 6.07) is 1.98. The molecule has 0 saturated carbocycles. The number of amides is 1. The molecule has 1 N–H and O–H groups in total. The number of hydrogen-bond donors (Lipinski definition) is 1. The lowest BCUT2D eigenvalue weighted by Gasteiger charge is -2.29. The predicted octanol–water partition coefficient (Wildman–Crippen LogP) is 3.33. The van der Waals surface area contributed by atoms with Gasteiger partial charge >= 0.3 is 6.09 Å². The van der Waals surface area contributed by atoms with Gasteiger partial charge in [-0.1, -0.05) is 20.8 Å². The lowest BCUT2D eigenvalue weighted by molar-refractivity contribution is 0.122. The number of pyridine rings is 1. The summed E-state index contributed by atoms with van der Waals surface area (Å²) >= 11 is 0. The van der Waals surface area contributed by atoms with Gasteiger partial charge in [0.2, 0.25) is 0 Å². The van der Waals surface area contributed by atoms with Gasteiger partial charge in [0.15, 0.2) is 5.75 Å². The van der Waals surface area contributed by atoms with Crippen LogP contribution in [0, 0.1) is 12.3 Å². The van der Waals surface area contributed by atoms with Gasteiger partial charge in [0, 0.05) is 33.2 Å². The summed E-state index contributed by atoms with van der Waals surface area (Å²) in [6.45, 7) is 12.7. The SMILES string of the molecule is COCCc1nc(N2CCOCC2)cc(C)c1OC(=O)NCCCC(C)(C)C. The molecule has 1 aromatic rings. The van der Waals surface area contributed by atoms with Crippen LogP contribution in [0.1, 0.15) is 44.9 Å². The second-order valence-electron chi connectivity index (χ2n) is 8.40. The minimum absolute atomic E-state index is 0.259. The first-order valence-electron chi connectivity index (χ1n) is 10.1. The number of morpholine rings is 1. The van der Waals surface area contributed by atoms with Gasteiger partial charge in [-0.25, -0.2) is 9.78 Å². The molecule has 1 aliphatic rings. The Morgan fingerprint density at radius 1 is 1.32 bits per heavy atom. The van der Waals surface area contributed by atoms with Crippen LogP contribution in [0.15, 0.2) is 6.07 Å². The molecule has 7 nitrogen and oxygen atoms in total. The summed E-state index contributed by atoms with van der Waals surface area (Å²) in [5, 5.41) is 2.85. The van der Waals surface area contributed by atoms with Crippen molar-refractivity contribution in [3.63, 3.8) is 0 Å². The quantitative estimate of drug-likeness (QED) is 0.683. The molecule has 2 heterocycles. The van der Waals surface area contributed by atoms with E-state index in [1.165, 1.54) is 0 Å². The topological polar surface area (TPSA) is 72.9 Å². The Balaban J connectivity index is 2.05. The molecule has 0 atom stereocenters. The monoisotopic (exact) mass is 393 g/mol. The summed E-state index contributed by atoms with van der Waals surface area (Å²) in [7, 11) is 1.65. The zero-order chi connectivity index (χ0) is 20.6. The van der Waals surface area contributed by atoms with Gasteiger partial charge in [-0.05, 0) is 36.8 Å². The van der Waals surface area contributed by atoms with Crippen molar-refractivity contribution >= 4 is 11.9 Å². The number of hydrogen-bond acceptors (Lipinski definition) is 6. The van der Waals surface area contributed by atoms with Gasteiger partial charge in [-0.15, -0.1) is 0 Å². The fraction of sp³-hybridized carbons (Fsp3) is 0.714. The number of carbonyl (C=O) groups excluding carboxylic acids is 1. The number of methoxy groups -OCH3 is 1. The minimum atomic E-state index is -0.434. The highest BCUT2D eigenvalue weighted by atomic mass is 16.6. The molecule has 1 aliphatic heterocycles. The summed E-state index contributed by atoms with van der Waals surface area (Å²) in [5.74, 6) is 1.42. The Morgan fingerprint density at radius 3 is 2.68 bits per heavy atom. The molecule has 7 heteroatoms. The van der Waals surface area contributed by atoms with E-state index in [4.69, 9.17) is 19.2 Å². The van der Waals surface area contributed by atoms with Gasteiger partial charge in [-0.2, -0.15) is 0 Å². The molecule has 1 amide bonds. The first kappa shape index (κ1) is 22.4. The summed E-state index contributed by atoms with van der Waals surface area (Å²) in [4.78, 5) is 19.2. The third-order valence-corrected chi connectivity index (χ3v) is 4.66. The third-order valence-electron chi connectivity index (χ3n) is 4.66. The maximum absolute atomic E-state index is 12.3. The Hall–Kier alpha value is -1.86. The number of ether oxygens (including phenoxy) is 3. The number of rotatable bonds is 8. The maximum Gasteiger partial charge on any atom is 0.412 e. The molecule has 2 rings (SSSR count). The van der Waals surface area contributed by atoms with E-state index in [1.54, 1.807) is 7.11 Å². The molecule has 0 unspecified atom stereocenters. The predicted molar refractivity (Wildman–Crippen MR) is 110 cm³/mol. The van der Waals surface area contributed by atoms with E-state index in [9.17, 15) is 4.79 Å². The molecule has 28 heavy (non-hydrogen) atoms. The van der Waals surface area contributed by atoms with Gasteiger partial charge in [-0.3, -0.25) is 0 Å². The van der Waals surface area contributed by atoms with E-state index in [0.717, 1.165) is 43.0 Å². The smallest absolute Gasteiger partial charge is 0.408 e. The molecule has 1 aromatic heterocycles. The third kappa shape index (κ3) is 7.28. The van der Waals surface area contributed by atoms with E-state index in [-0.39, 0.29) is 5.41 Å². The van der Waals surface area contributed by atoms with Gasteiger partial charge < -0.3 is 24.4 Å². The van der Waals surface area contributed by atoms with Crippen LogP contribution < -0.4 is 15.0 Å². The number of anilines is 1. The summed E-state index contributed by atoms with van der Waals surface area (Å²) < 4.78 is 16.3. The molecule has 0 spiro atoms. The van der Waals surface area contributed by atoms with Crippen molar-refractivity contribution in [2.24, 2.45) is 5.41 Å². The van der Waals surface area contributed by atoms with E-state index in [1.807, 2.05) is 13.0 Å². The molecule has 0 radical (unpaired) electrons. The Morgan fingerprint density at radius 2 is 2.04 bits per heavy atom. The van der Waals surface area contributed by atoms with Crippen LogP contribution in [0.3, 0.4) is 0 Å². The molecule has 1 saturated heterocycles. The highest BCUT2D eigenvalue weighted by Crippen LogP contribution is 2.28. The zero-order valence-corrected chi connectivity index (χ0v) is 18.0. The van der Waals surface area contributed by atoms with Crippen molar-refractivity contribution in [3.8, 4) is 5.75 Å². The number of nitrogens with one attached hydrogen (secondary N) is 1. The fourth-order valence-corrected chi connectivity index (χ4v) is 3.11. The first-order valence-corrected chi connectivity index (χ1v) is 10.1. The minimum Gasteiger partial charge on any atom is -0.408 e. The number of nitrogens with zero attached hydrogens (tertiary/aromatic N) is 2. The van der Waals surface area contributed by atoms with Crippen molar-refractivity contribution in [3.05, 3.63) is 17.3 Å². The summed E-state index contributed by atoms with van der Waals surface area (Å²) in [6.07, 6.45) is 2.11. The van der Waals surface area contributed by atoms with Crippen molar-refractivity contribution in [2.75, 3.05) is 51.5 Å². The van der Waals surface area contributed by atoms with Crippen molar-refractivity contribution in [2.45, 2.75) is 47.0 Å². The highest BCUT2D eigenvalue weighted by Gasteiger charge is 2.19. The average molecular weight is 394 g/mol. The van der Waals surface area contributed by atoms with E-state index in [2.05, 4.69) is 31.0 Å². The Labute approximate surface area is 168 Å². The number of aryl methyl sites for hydroxylation is 1. The molecule has 0 bridgehead atoms. The second kappa shape index (κ2) is 10.6. The second-order valence-corrected chi connectivity index (χ2v) is 8.40. The maximum atomic E-state index is 12.3. The van der Waals surface area contributed by atoms with Crippen molar-refractivity contribution in [1.82, 2.24) is 10.3 Å². The molecule has 0 aliphatic carbocycles. The van der Waals surface area contributed by atoms with Crippen LogP contribution in [0.5, 0.6) is 5.75 Å². The van der Waals surface area contributed by atoms with Crippen LogP contribution >= 0.6 is 0 Å². The molecular formula is C21H35N3O4. The van der Waals surface area contributed by atoms with E-state index in [0.29, 0.717) is 38.5 Å². The number of aromatic nitrogens is 1. The van der Waals surface area contributed by atoms with Crippen molar-refractivity contribution < 1.29 is 19.0 Å². The lowest BCUT2D eigenvalue weighted by Crippen LogP contribution is -2.37. The first-order chi connectivity index (χ1) is 13.3. The van der Waals surface area contributed by atoms with Gasteiger partial charge in [0.05, 0.1) is 25.5 Å². The van der Waals surface area contributed by atoms with E-state index < -0.39 is 6.09 Å². The normalized spacial score (nSPS) is 14.8. The highest BCUT2D eigenvalue weighted by molar-refractivity contribution is 5.71. The van der Waals surface area contributed by atoms with Crippen LogP contribution in [-0.4, -0.2) is 57.6 Å². The van der Waals surface area contributed by atoms with E-state index >= 15 is 0 Å². The zero-order valence-electron chi connectivity index (χ0n) is 18.0. The summed E-state index contributed by atoms with van der Waals surface area (Å²) in [5.41, 5.74) is 1.90. The van der Waals surface area contributed by atoms with Crippen LogP contribution in [0.25, 0.3) is 0 Å². The van der Waals surface area contributed by atoms with Crippen molar-refractivity contribution in [1.29, 1.82) is 0 Å². The van der Waals surface area contributed by atoms with Crippen LogP contribution in [0.2, 0.25) is 0 Å². The van der Waals surface area contributed by atoms with Crippen LogP contribution in [-0.2, 0) is 15.9 Å². The molecule has 158 valence electrons. The van der Waals surface area contributed by atoms with Crippen LogP contribution in [0.4, 0.5) is 10.6 Å². The largest absolute Gasteiger partial charge is 0.412 e. The number of carbonyl (C=O) groups is 1. The lowest BCUT2D eigenvalue weighted by atomic mass is 9.91. The average Bonchev–Trinajstić information content (AvgIpc) is 2.65. The molecule has 1 fully saturated rings. The molecular weight excluding hydrogens is 358 g/mol. The molecule has 0 aromatic carbocycles. The van der Waals surface area contributed by atoms with Gasteiger partial charge in [0.1, 0.15) is 5.82 Å². The van der Waals surface area contributed by atoms with Gasteiger partial charge in [0.25, 0.3) is 0 Å². The Kier molecular flexibility index (Phi) is 8.51. The fourth-order valence-electron chi connectivity index (χ4n) is 3.11. The standard InChI is InChI=1S/C21H35N3O4/c1-16-15-18(24-10-13-27-14-11-24)23-17(7-12-26-5)19(16)28-20(25)22-9-6-8-21(2,3)4/h15H,6-14H2,1-5H3,(H,22,25).